The van der Waals surface area contributed by atoms with Crippen LogP contribution in [0.4, 0.5) is 5.69 Å². The van der Waals surface area contributed by atoms with Crippen LogP contribution in [0.3, 0.4) is 0 Å². The van der Waals surface area contributed by atoms with E-state index in [0.29, 0.717) is 42.5 Å². The molecule has 0 radical (unpaired) electrons. The molecule has 7 aromatic rings. The predicted octanol–water partition coefficient (Wildman–Crippen LogP) is 8.49. The second-order valence-electron chi connectivity index (χ2n) is 13.8. The average molecular weight is 737 g/mol. The topological polar surface area (TPSA) is 112 Å². The summed E-state index contributed by atoms with van der Waals surface area (Å²) >= 11 is 13.5. The van der Waals surface area contributed by atoms with Crippen LogP contribution in [0.15, 0.2) is 48.7 Å². The minimum Gasteiger partial charge on any atom is -0.494 e. The lowest BCUT2D eigenvalue weighted by molar-refractivity contribution is 0.0957. The van der Waals surface area contributed by atoms with Crippen molar-refractivity contribution in [1.29, 1.82) is 0 Å². The summed E-state index contributed by atoms with van der Waals surface area (Å²) in [5.41, 5.74) is 11.0. The molecule has 0 saturated carbocycles. The van der Waals surface area contributed by atoms with Crippen molar-refractivity contribution in [3.05, 3.63) is 92.5 Å². The van der Waals surface area contributed by atoms with Crippen LogP contribution in [-0.4, -0.2) is 58.6 Å². The van der Waals surface area contributed by atoms with Gasteiger partial charge >= 0.3 is 0 Å². The van der Waals surface area contributed by atoms with Gasteiger partial charge in [-0.25, -0.2) is 5.10 Å². The van der Waals surface area contributed by atoms with E-state index in [4.69, 9.17) is 33.0 Å². The van der Waals surface area contributed by atoms with Gasteiger partial charge in [-0.2, -0.15) is 5.10 Å². The molecule has 0 bridgehead atoms. The van der Waals surface area contributed by atoms with Gasteiger partial charge in [-0.3, -0.25) is 9.48 Å². The Bertz CT molecular complexity index is 2520. The van der Waals surface area contributed by atoms with Crippen LogP contribution in [0.2, 0.25) is 10.0 Å². The van der Waals surface area contributed by atoms with E-state index in [1.54, 1.807) is 0 Å². The van der Waals surface area contributed by atoms with Crippen molar-refractivity contribution in [2.24, 2.45) is 14.1 Å². The number of fused-ring (bicyclic) bond motifs is 4. The van der Waals surface area contributed by atoms with E-state index in [-0.39, 0.29) is 11.9 Å². The molecule has 3 aromatic carbocycles. The van der Waals surface area contributed by atoms with Gasteiger partial charge in [0.15, 0.2) is 5.82 Å². The number of tetrazole rings is 1. The number of anilines is 1. The number of H-pyrrole nitrogens is 1. The normalized spacial score (nSPS) is 14.6. The first-order valence-electron chi connectivity index (χ1n) is 17.4. The smallest absolute Gasteiger partial charge is 0.275 e. The molecule has 0 fully saturated rings. The molecule has 0 aliphatic carbocycles. The van der Waals surface area contributed by atoms with Crippen molar-refractivity contribution < 1.29 is 9.53 Å². The summed E-state index contributed by atoms with van der Waals surface area (Å²) in [6.07, 6.45) is 3.34. The molecule has 1 N–H and O–H groups in total. The Labute approximate surface area is 311 Å². The summed E-state index contributed by atoms with van der Waals surface area (Å²) in [5.74, 6) is 1.29. The molecule has 1 amide bonds. The second-order valence-corrected chi connectivity index (χ2v) is 14.6. The van der Waals surface area contributed by atoms with Crippen molar-refractivity contribution >= 4 is 56.6 Å². The summed E-state index contributed by atoms with van der Waals surface area (Å²) in [5, 5.41) is 22.7. The number of hydrogen-bond acceptors (Lipinski definition) is 6. The highest BCUT2D eigenvalue weighted by Crippen LogP contribution is 2.46. The van der Waals surface area contributed by atoms with Gasteiger partial charge in [0.2, 0.25) is 0 Å². The highest BCUT2D eigenvalue weighted by atomic mass is 35.5. The van der Waals surface area contributed by atoms with Gasteiger partial charge < -0.3 is 18.8 Å². The molecule has 1 atom stereocenters. The molecule has 4 aromatic heterocycles. The van der Waals surface area contributed by atoms with Crippen molar-refractivity contribution in [3.8, 4) is 28.3 Å². The Morgan fingerprint density at radius 2 is 1.75 bits per heavy atom. The zero-order valence-corrected chi connectivity index (χ0v) is 31.7. The zero-order valence-electron chi connectivity index (χ0n) is 30.2. The first-order chi connectivity index (χ1) is 25.0. The standard InChI is InChI=1S/C39H39Cl2N9O2/c1-20-16-25(17-21(2)34(20)41)52-15-9-12-26-27-13-14-30(40)33(32-23(4)44-48(7)24(32)5)36(27)50-22(3)18-49(39(51)37(26)50)31-19-47(6)35-28(31)10-8-11-29(35)38-42-45-46-43-38/h8,10-11,13-14,16-17,19,22H,9,12,15,18H2,1-7H3,(H,42,43,45,46). The van der Waals surface area contributed by atoms with Crippen LogP contribution in [0.1, 0.15) is 58.0 Å². The van der Waals surface area contributed by atoms with E-state index < -0.39 is 0 Å². The third-order valence-electron chi connectivity index (χ3n) is 10.4. The Balaban J connectivity index is 1.27. The Morgan fingerprint density at radius 3 is 2.44 bits per heavy atom. The third kappa shape index (κ3) is 5.28. The number of hydrogen-bond donors (Lipinski definition) is 1. The van der Waals surface area contributed by atoms with Crippen LogP contribution >= 0.6 is 23.2 Å². The molecule has 1 aliphatic heterocycles. The quantitative estimate of drug-likeness (QED) is 0.157. The maximum Gasteiger partial charge on any atom is 0.275 e. The van der Waals surface area contributed by atoms with Crippen molar-refractivity contribution in [2.45, 2.75) is 53.5 Å². The van der Waals surface area contributed by atoms with Crippen LogP contribution in [0, 0.1) is 27.7 Å². The third-order valence-corrected chi connectivity index (χ3v) is 11.3. The number of halogens is 2. The Morgan fingerprint density at radius 1 is 0.981 bits per heavy atom. The maximum atomic E-state index is 15.1. The molecular formula is C39H39Cl2N9O2. The molecular weight excluding hydrogens is 697 g/mol. The number of nitrogens with zero attached hydrogens (tertiary/aromatic N) is 8. The first-order valence-corrected chi connectivity index (χ1v) is 18.1. The van der Waals surface area contributed by atoms with Gasteiger partial charge in [-0.15, -0.1) is 5.10 Å². The zero-order chi connectivity index (χ0) is 36.6. The fourth-order valence-electron chi connectivity index (χ4n) is 8.06. The van der Waals surface area contributed by atoms with Gasteiger partial charge in [-0.05, 0) is 98.8 Å². The lowest BCUT2D eigenvalue weighted by Gasteiger charge is -2.34. The van der Waals surface area contributed by atoms with Gasteiger partial charge in [0.05, 0.1) is 34.0 Å². The number of carbonyl (C=O) groups excluding carboxylic acids is 1. The highest BCUT2D eigenvalue weighted by Gasteiger charge is 2.38. The SMILES string of the molecule is Cc1cc(OCCCc2c3n(c4c(-c5c(C)nn(C)c5C)c(Cl)ccc24)C(C)CN(c2cn(C)c4c(-c5nnn[nH]5)cccc24)C3=O)cc(C)c1Cl. The van der Waals surface area contributed by atoms with Crippen molar-refractivity contribution in [2.75, 3.05) is 18.1 Å². The highest BCUT2D eigenvalue weighted by molar-refractivity contribution is 6.35. The lowest BCUT2D eigenvalue weighted by Crippen LogP contribution is -2.42. The first kappa shape index (κ1) is 34.0. The van der Waals surface area contributed by atoms with E-state index in [1.807, 2.05) is 91.6 Å². The summed E-state index contributed by atoms with van der Waals surface area (Å²) in [7, 11) is 3.93. The van der Waals surface area contributed by atoms with E-state index in [9.17, 15) is 0 Å². The molecule has 5 heterocycles. The van der Waals surface area contributed by atoms with Crippen LogP contribution < -0.4 is 9.64 Å². The van der Waals surface area contributed by atoms with Crippen LogP contribution in [0.5, 0.6) is 5.75 Å². The van der Waals surface area contributed by atoms with Crippen molar-refractivity contribution in [3.63, 3.8) is 0 Å². The monoisotopic (exact) mass is 735 g/mol. The molecule has 0 saturated heterocycles. The maximum absolute atomic E-state index is 15.1. The second kappa shape index (κ2) is 12.8. The number of aryl methyl sites for hydroxylation is 6. The molecule has 0 spiro atoms. The number of nitrogens with one attached hydrogen (secondary N) is 1. The summed E-state index contributed by atoms with van der Waals surface area (Å²) in [6, 6.07) is 13.9. The molecule has 13 heteroatoms. The molecule has 1 unspecified atom stereocenters. The van der Waals surface area contributed by atoms with Gasteiger partial charge in [-0.1, -0.05) is 41.4 Å². The number of aromatic nitrogens is 8. The molecule has 52 heavy (non-hydrogen) atoms. The number of ether oxygens (including phenoxy) is 1. The number of amides is 1. The van der Waals surface area contributed by atoms with E-state index >= 15 is 4.79 Å². The summed E-state index contributed by atoms with van der Waals surface area (Å²) < 4.78 is 12.4. The van der Waals surface area contributed by atoms with Crippen LogP contribution in [-0.2, 0) is 20.5 Å². The molecule has 8 rings (SSSR count). The van der Waals surface area contributed by atoms with Gasteiger partial charge in [0.1, 0.15) is 11.4 Å². The van der Waals surface area contributed by atoms with Gasteiger partial charge in [0.25, 0.3) is 5.91 Å². The minimum atomic E-state index is -0.0772. The van der Waals surface area contributed by atoms with E-state index in [1.165, 1.54) is 0 Å². The number of para-hydroxylation sites is 1. The Kier molecular flexibility index (Phi) is 8.38. The number of benzene rings is 3. The number of rotatable bonds is 8. The minimum absolute atomic E-state index is 0.0601. The van der Waals surface area contributed by atoms with Gasteiger partial charge in [0, 0.05) is 71.1 Å². The lowest BCUT2D eigenvalue weighted by atomic mass is 9.98. The number of carbonyl (C=O) groups is 1. The largest absolute Gasteiger partial charge is 0.494 e. The van der Waals surface area contributed by atoms with Crippen molar-refractivity contribution in [1.82, 2.24) is 39.5 Å². The van der Waals surface area contributed by atoms with E-state index in [0.717, 1.165) is 83.0 Å². The fourth-order valence-corrected chi connectivity index (χ4v) is 8.42. The fraction of sp³-hybridized carbons (Fsp3) is 0.308. The predicted molar refractivity (Wildman–Crippen MR) is 206 cm³/mol. The summed E-state index contributed by atoms with van der Waals surface area (Å²) in [6.45, 7) is 11.2. The number of aromatic amines is 1. The molecule has 1 aliphatic rings. The average Bonchev–Trinajstić information content (AvgIpc) is 3.89. The molecule has 266 valence electrons. The molecule has 11 nitrogen and oxygen atoms in total. The van der Waals surface area contributed by atoms with Crippen LogP contribution in [0.25, 0.3) is 44.3 Å². The summed E-state index contributed by atoms with van der Waals surface area (Å²) in [4.78, 5) is 17.0. The van der Waals surface area contributed by atoms with E-state index in [2.05, 4.69) is 45.1 Å². The Hall–Kier alpha value is -5.13.